The zero-order valence-electron chi connectivity index (χ0n) is 12.8. The van der Waals surface area contributed by atoms with Gasteiger partial charge in [-0.15, -0.1) is 0 Å². The quantitative estimate of drug-likeness (QED) is 0.729. The van der Waals surface area contributed by atoms with Crippen molar-refractivity contribution in [1.82, 2.24) is 5.32 Å². The van der Waals surface area contributed by atoms with Gasteiger partial charge in [-0.1, -0.05) is 43.2 Å². The molecule has 1 aliphatic carbocycles. The van der Waals surface area contributed by atoms with E-state index in [4.69, 9.17) is 0 Å². The fraction of sp³-hybridized carbons (Fsp3) is 0.588. The number of hydrogen-bond donors (Lipinski definition) is 3. The summed E-state index contributed by atoms with van der Waals surface area (Å²) in [6, 6.07) is 9.55. The zero-order chi connectivity index (χ0) is 15.8. The highest BCUT2D eigenvalue weighted by Crippen LogP contribution is 2.35. The Morgan fingerprint density at radius 3 is 2.45 bits per heavy atom. The molecule has 1 heterocycles. The lowest BCUT2D eigenvalue weighted by Crippen LogP contribution is -2.66. The molecule has 0 radical (unpaired) electrons. The molecule has 2 aliphatic rings. The van der Waals surface area contributed by atoms with Gasteiger partial charge < -0.3 is 20.3 Å². The molecule has 3 N–H and O–H groups in total. The van der Waals surface area contributed by atoms with E-state index in [9.17, 15) is 15.0 Å². The van der Waals surface area contributed by atoms with Crippen molar-refractivity contribution in [2.75, 3.05) is 13.1 Å². The summed E-state index contributed by atoms with van der Waals surface area (Å²) in [5.41, 5.74) is 0.412. The van der Waals surface area contributed by atoms with Gasteiger partial charge in [0.1, 0.15) is 6.61 Å². The predicted octanol–water partition coefficient (Wildman–Crippen LogP) is 1.23. The average molecular weight is 307 g/mol. The fourth-order valence-electron chi connectivity index (χ4n) is 3.09. The van der Waals surface area contributed by atoms with Crippen LogP contribution in [0.1, 0.15) is 31.2 Å². The summed E-state index contributed by atoms with van der Waals surface area (Å²) >= 11 is 0. The number of rotatable bonds is 4. The Balaban J connectivity index is 0.000000164. The molecule has 2 unspecified atom stereocenters. The number of hydrogen-bond acceptors (Lipinski definition) is 5. The van der Waals surface area contributed by atoms with Crippen molar-refractivity contribution in [2.24, 2.45) is 5.92 Å². The molecule has 0 aromatic heterocycles. The molecule has 1 aromatic rings. The minimum Gasteiger partial charge on any atom is -0.463 e. The van der Waals surface area contributed by atoms with E-state index in [0.29, 0.717) is 26.2 Å². The Hall–Kier alpha value is -1.43. The van der Waals surface area contributed by atoms with Gasteiger partial charge in [-0.25, -0.2) is 0 Å². The van der Waals surface area contributed by atoms with Crippen LogP contribution in [0.5, 0.6) is 0 Å². The molecule has 3 rings (SSSR count). The van der Waals surface area contributed by atoms with Gasteiger partial charge in [-0.05, 0) is 18.4 Å². The standard InChI is InChI=1S/C9H17NO2.C8H8O2/c11-8-4-2-1-3-7(8)9(12)5-10-6-9;9-7-10-6-8-4-2-1-3-5-8/h7-8,10-12H,1-6H2;1-5,7H,6H2. The maximum Gasteiger partial charge on any atom is 0.293 e. The molecule has 0 amide bonds. The smallest absolute Gasteiger partial charge is 0.293 e. The summed E-state index contributed by atoms with van der Waals surface area (Å²) in [5, 5.41) is 22.7. The second kappa shape index (κ2) is 8.27. The number of aliphatic hydroxyl groups is 2. The van der Waals surface area contributed by atoms with Gasteiger partial charge in [-0.3, -0.25) is 4.79 Å². The molecule has 22 heavy (non-hydrogen) atoms. The lowest BCUT2D eigenvalue weighted by molar-refractivity contribution is -0.129. The highest BCUT2D eigenvalue weighted by molar-refractivity contribution is 5.37. The van der Waals surface area contributed by atoms with E-state index in [1.165, 1.54) is 0 Å². The van der Waals surface area contributed by atoms with Gasteiger partial charge in [-0.2, -0.15) is 0 Å². The lowest BCUT2D eigenvalue weighted by atomic mass is 9.72. The number of carbonyl (C=O) groups excluding carboxylic acids is 1. The minimum absolute atomic E-state index is 0.118. The van der Waals surface area contributed by atoms with Crippen LogP contribution in [0.25, 0.3) is 0 Å². The Morgan fingerprint density at radius 2 is 1.91 bits per heavy atom. The lowest BCUT2D eigenvalue weighted by Gasteiger charge is -2.47. The first-order valence-electron chi connectivity index (χ1n) is 7.86. The van der Waals surface area contributed by atoms with Gasteiger partial charge in [0, 0.05) is 19.0 Å². The third-order valence-corrected chi connectivity index (χ3v) is 4.44. The van der Waals surface area contributed by atoms with Gasteiger partial charge in [0.15, 0.2) is 0 Å². The first kappa shape index (κ1) is 16.9. The summed E-state index contributed by atoms with van der Waals surface area (Å²) < 4.78 is 4.54. The highest BCUT2D eigenvalue weighted by atomic mass is 16.5. The summed E-state index contributed by atoms with van der Waals surface area (Å²) in [6.07, 6.45) is 3.85. The Morgan fingerprint density at radius 1 is 1.23 bits per heavy atom. The summed E-state index contributed by atoms with van der Waals surface area (Å²) in [7, 11) is 0. The monoisotopic (exact) mass is 307 g/mol. The van der Waals surface area contributed by atoms with E-state index >= 15 is 0 Å². The highest BCUT2D eigenvalue weighted by Gasteiger charge is 2.45. The molecule has 5 nitrogen and oxygen atoms in total. The molecule has 1 saturated heterocycles. The van der Waals surface area contributed by atoms with Crippen molar-refractivity contribution < 1.29 is 19.7 Å². The Kier molecular flexibility index (Phi) is 6.36. The number of carbonyl (C=O) groups is 1. The van der Waals surface area contributed by atoms with Gasteiger partial charge >= 0.3 is 0 Å². The molecule has 0 spiro atoms. The van der Waals surface area contributed by atoms with E-state index in [0.717, 1.165) is 31.2 Å². The molecule has 2 atom stereocenters. The molecule has 5 heteroatoms. The van der Waals surface area contributed by atoms with Crippen molar-refractivity contribution in [3.8, 4) is 0 Å². The summed E-state index contributed by atoms with van der Waals surface area (Å²) in [6.45, 7) is 2.14. The van der Waals surface area contributed by atoms with Crippen LogP contribution in [0.4, 0.5) is 0 Å². The predicted molar refractivity (Wildman–Crippen MR) is 83.1 cm³/mol. The number of ether oxygens (including phenoxy) is 1. The summed E-state index contributed by atoms with van der Waals surface area (Å²) in [4.78, 5) is 9.76. The molecule has 122 valence electrons. The van der Waals surface area contributed by atoms with Crippen LogP contribution in [0.15, 0.2) is 30.3 Å². The topological polar surface area (TPSA) is 78.8 Å². The SMILES string of the molecule is O=COCc1ccccc1.OC1CCCCC1C1(O)CNC1. The van der Waals surface area contributed by atoms with Crippen LogP contribution in [-0.2, 0) is 16.1 Å². The van der Waals surface area contributed by atoms with Crippen LogP contribution in [0.3, 0.4) is 0 Å². The molecule has 0 bridgehead atoms. The molecular formula is C17H25NO4. The number of β-amino-alcohol motifs (C(OH)–C–C–N with tert-alkyl or cyclic N) is 1. The molecule has 1 saturated carbocycles. The largest absolute Gasteiger partial charge is 0.463 e. The fourth-order valence-corrected chi connectivity index (χ4v) is 3.09. The van der Waals surface area contributed by atoms with Crippen molar-refractivity contribution in [3.05, 3.63) is 35.9 Å². The maximum absolute atomic E-state index is 9.98. The van der Waals surface area contributed by atoms with E-state index in [1.807, 2.05) is 30.3 Å². The van der Waals surface area contributed by atoms with Crippen molar-refractivity contribution in [2.45, 2.75) is 44.0 Å². The van der Waals surface area contributed by atoms with Gasteiger partial charge in [0.2, 0.25) is 0 Å². The molecule has 1 aliphatic heterocycles. The number of nitrogens with one attached hydrogen (secondary N) is 1. The van der Waals surface area contributed by atoms with E-state index < -0.39 is 5.60 Å². The third-order valence-electron chi connectivity index (χ3n) is 4.44. The van der Waals surface area contributed by atoms with Crippen LogP contribution >= 0.6 is 0 Å². The number of benzene rings is 1. The average Bonchev–Trinajstić information content (AvgIpc) is 2.53. The van der Waals surface area contributed by atoms with Crippen LogP contribution < -0.4 is 5.32 Å². The zero-order valence-corrected chi connectivity index (χ0v) is 12.8. The summed E-state index contributed by atoms with van der Waals surface area (Å²) in [5.74, 6) is 0.118. The van der Waals surface area contributed by atoms with Crippen LogP contribution in [0.2, 0.25) is 0 Å². The van der Waals surface area contributed by atoms with Gasteiger partial charge in [0.25, 0.3) is 6.47 Å². The Bertz CT molecular complexity index is 447. The van der Waals surface area contributed by atoms with Gasteiger partial charge in [0.05, 0.1) is 11.7 Å². The maximum atomic E-state index is 9.98. The first-order chi connectivity index (χ1) is 10.7. The molecular weight excluding hydrogens is 282 g/mol. The third kappa shape index (κ3) is 4.53. The van der Waals surface area contributed by atoms with Crippen molar-refractivity contribution in [1.29, 1.82) is 0 Å². The van der Waals surface area contributed by atoms with E-state index in [2.05, 4.69) is 10.1 Å². The normalized spacial score (nSPS) is 26.1. The molecule has 2 fully saturated rings. The second-order valence-electron chi connectivity index (χ2n) is 6.06. The number of aliphatic hydroxyl groups excluding tert-OH is 1. The van der Waals surface area contributed by atoms with Crippen LogP contribution in [-0.4, -0.2) is 41.5 Å². The second-order valence-corrected chi connectivity index (χ2v) is 6.06. The minimum atomic E-state index is -0.597. The van der Waals surface area contributed by atoms with Crippen LogP contribution in [0, 0.1) is 5.92 Å². The Labute approximate surface area is 131 Å². The van der Waals surface area contributed by atoms with Crippen molar-refractivity contribution in [3.63, 3.8) is 0 Å². The van der Waals surface area contributed by atoms with Crippen molar-refractivity contribution >= 4 is 6.47 Å². The molecule has 1 aromatic carbocycles. The van der Waals surface area contributed by atoms with E-state index in [-0.39, 0.29) is 12.0 Å². The first-order valence-corrected chi connectivity index (χ1v) is 7.86. The van der Waals surface area contributed by atoms with E-state index in [1.54, 1.807) is 0 Å².